The van der Waals surface area contributed by atoms with E-state index >= 15 is 0 Å². The van der Waals surface area contributed by atoms with Gasteiger partial charge in [-0.2, -0.15) is 4.31 Å². The lowest BCUT2D eigenvalue weighted by Crippen LogP contribution is -2.35. The van der Waals surface area contributed by atoms with Gasteiger partial charge in [-0.15, -0.1) is 11.3 Å². The number of anilines is 2. The predicted octanol–water partition coefficient (Wildman–Crippen LogP) is 2.01. The number of sulfonamides is 1. The van der Waals surface area contributed by atoms with Gasteiger partial charge in [0, 0.05) is 19.0 Å². The maximum atomic E-state index is 12.8. The van der Waals surface area contributed by atoms with E-state index in [0.717, 1.165) is 21.2 Å². The minimum atomic E-state index is -3.96. The Balaban J connectivity index is 1.85. The molecule has 1 aromatic heterocycles. The summed E-state index contributed by atoms with van der Waals surface area (Å²) < 4.78 is 31.6. The third-order valence-electron chi connectivity index (χ3n) is 4.04. The van der Waals surface area contributed by atoms with Gasteiger partial charge in [0.1, 0.15) is 5.69 Å². The molecule has 0 unspecified atom stereocenters. The molecular formula is C18H18N2O6S2. The predicted molar refractivity (Wildman–Crippen MR) is 107 cm³/mol. The molecular weight excluding hydrogens is 404 g/mol. The van der Waals surface area contributed by atoms with Crippen LogP contribution in [0.4, 0.5) is 11.4 Å². The number of hydrogen-bond donors (Lipinski definition) is 2. The lowest BCUT2D eigenvalue weighted by Gasteiger charge is -2.16. The smallest absolute Gasteiger partial charge is 0.272 e. The van der Waals surface area contributed by atoms with E-state index in [1.54, 1.807) is 31.2 Å². The Morgan fingerprint density at radius 3 is 2.50 bits per heavy atom. The molecule has 0 saturated heterocycles. The van der Waals surface area contributed by atoms with Crippen LogP contribution in [0.2, 0.25) is 0 Å². The van der Waals surface area contributed by atoms with Crippen LogP contribution in [-0.4, -0.2) is 31.5 Å². The Hall–Kier alpha value is -2.69. The van der Waals surface area contributed by atoms with Gasteiger partial charge in [-0.25, -0.2) is 8.42 Å². The fourth-order valence-electron chi connectivity index (χ4n) is 2.57. The zero-order chi connectivity index (χ0) is 20.5. The summed E-state index contributed by atoms with van der Waals surface area (Å²) in [5.41, 5.74) is -0.812. The molecule has 0 amide bonds. The molecule has 148 valence electrons. The molecule has 3 rings (SSSR count). The van der Waals surface area contributed by atoms with E-state index in [1.807, 2.05) is 6.07 Å². The molecule has 0 aliphatic heterocycles. The van der Waals surface area contributed by atoms with Crippen LogP contribution in [0.5, 0.6) is 11.5 Å². The average molecular weight is 422 g/mol. The SMILES string of the molecule is CCOc1c(Nc2csc(S(=O)(=O)N(C)Cc3ccccc3)c2O)c(=O)c1=O. The van der Waals surface area contributed by atoms with Crippen LogP contribution in [0.15, 0.2) is 49.5 Å². The molecule has 1 heterocycles. The van der Waals surface area contributed by atoms with Crippen molar-refractivity contribution in [3.8, 4) is 11.5 Å². The highest BCUT2D eigenvalue weighted by atomic mass is 32.2. The van der Waals surface area contributed by atoms with Gasteiger partial charge in [-0.1, -0.05) is 30.3 Å². The zero-order valence-electron chi connectivity index (χ0n) is 15.1. The van der Waals surface area contributed by atoms with Gasteiger partial charge in [0.15, 0.2) is 15.7 Å². The number of hydrogen-bond acceptors (Lipinski definition) is 8. The van der Waals surface area contributed by atoms with Crippen LogP contribution in [0.3, 0.4) is 0 Å². The van der Waals surface area contributed by atoms with Gasteiger partial charge >= 0.3 is 0 Å². The number of nitrogens with one attached hydrogen (secondary N) is 1. The standard InChI is InChI=1S/C18H18N2O6S2/c1-3-26-17-13(15(22)16(17)23)19-12-10-27-18(14(12)21)28(24,25)20(2)9-11-7-5-4-6-8-11/h4-8,10,19,21H,3,9H2,1-2H3. The zero-order valence-corrected chi connectivity index (χ0v) is 16.8. The normalized spacial score (nSPS) is 11.8. The lowest BCUT2D eigenvalue weighted by atomic mass is 10.2. The minimum absolute atomic E-state index is 0.0183. The molecule has 0 atom stereocenters. The lowest BCUT2D eigenvalue weighted by molar-refractivity contribution is 0.335. The molecule has 28 heavy (non-hydrogen) atoms. The van der Waals surface area contributed by atoms with E-state index in [-0.39, 0.29) is 34.5 Å². The van der Waals surface area contributed by atoms with E-state index in [4.69, 9.17) is 4.74 Å². The van der Waals surface area contributed by atoms with Crippen LogP contribution in [-0.2, 0) is 16.6 Å². The highest BCUT2D eigenvalue weighted by Crippen LogP contribution is 2.41. The van der Waals surface area contributed by atoms with Crippen LogP contribution < -0.4 is 20.9 Å². The maximum absolute atomic E-state index is 12.8. The van der Waals surface area contributed by atoms with Crippen LogP contribution in [0, 0.1) is 0 Å². The molecule has 0 saturated carbocycles. The van der Waals surface area contributed by atoms with Crippen molar-refractivity contribution in [2.45, 2.75) is 17.7 Å². The molecule has 8 nitrogen and oxygen atoms in total. The van der Waals surface area contributed by atoms with Crippen LogP contribution >= 0.6 is 11.3 Å². The van der Waals surface area contributed by atoms with Gasteiger partial charge < -0.3 is 15.2 Å². The first-order chi connectivity index (χ1) is 13.3. The Morgan fingerprint density at radius 2 is 1.86 bits per heavy atom. The van der Waals surface area contributed by atoms with Crippen molar-refractivity contribution < 1.29 is 18.3 Å². The van der Waals surface area contributed by atoms with Gasteiger partial charge in [0.25, 0.3) is 20.9 Å². The van der Waals surface area contributed by atoms with Gasteiger partial charge in [-0.05, 0) is 12.5 Å². The molecule has 3 aromatic rings. The summed E-state index contributed by atoms with van der Waals surface area (Å²) in [6.45, 7) is 1.99. The van der Waals surface area contributed by atoms with Crippen molar-refractivity contribution >= 4 is 32.7 Å². The fraction of sp³-hybridized carbons (Fsp3) is 0.222. The molecule has 0 bridgehead atoms. The number of benzene rings is 1. The van der Waals surface area contributed by atoms with Gasteiger partial charge in [0.05, 0.1) is 12.3 Å². The molecule has 10 heteroatoms. The second-order valence-corrected chi connectivity index (χ2v) is 9.07. The highest BCUT2D eigenvalue weighted by Gasteiger charge is 2.30. The molecule has 0 aliphatic rings. The van der Waals surface area contributed by atoms with Crippen molar-refractivity contribution in [2.24, 2.45) is 0 Å². The Labute approximate surface area is 165 Å². The molecule has 0 aliphatic carbocycles. The average Bonchev–Trinajstić information content (AvgIpc) is 3.06. The third kappa shape index (κ3) is 3.53. The van der Waals surface area contributed by atoms with Crippen molar-refractivity contribution in [2.75, 3.05) is 19.0 Å². The Morgan fingerprint density at radius 1 is 1.18 bits per heavy atom. The Bertz CT molecular complexity index is 1160. The van der Waals surface area contributed by atoms with Crippen molar-refractivity contribution in [1.29, 1.82) is 0 Å². The first kappa shape index (κ1) is 20.1. The number of ether oxygens (including phenoxy) is 1. The Kier molecular flexibility index (Phi) is 5.54. The topological polar surface area (TPSA) is 113 Å². The first-order valence-corrected chi connectivity index (χ1v) is 10.6. The maximum Gasteiger partial charge on any atom is 0.272 e. The monoisotopic (exact) mass is 422 g/mol. The van der Waals surface area contributed by atoms with Crippen molar-refractivity contribution in [3.05, 3.63) is 61.7 Å². The first-order valence-electron chi connectivity index (χ1n) is 8.31. The molecule has 0 radical (unpaired) electrons. The van der Waals surface area contributed by atoms with Gasteiger partial charge in [-0.3, -0.25) is 9.59 Å². The van der Waals surface area contributed by atoms with Crippen LogP contribution in [0.1, 0.15) is 12.5 Å². The number of thiophene rings is 1. The van der Waals surface area contributed by atoms with Crippen LogP contribution in [0.25, 0.3) is 0 Å². The quantitative estimate of drug-likeness (QED) is 0.534. The largest absolute Gasteiger partial charge is 0.504 e. The number of rotatable bonds is 8. The van der Waals surface area contributed by atoms with E-state index < -0.39 is 26.6 Å². The second kappa shape index (κ2) is 7.74. The molecule has 2 aromatic carbocycles. The molecule has 0 spiro atoms. The summed E-state index contributed by atoms with van der Waals surface area (Å²) in [6.07, 6.45) is 0. The summed E-state index contributed by atoms with van der Waals surface area (Å²) >= 11 is 0.813. The van der Waals surface area contributed by atoms with E-state index in [0.29, 0.717) is 0 Å². The summed E-state index contributed by atoms with van der Waals surface area (Å²) in [4.78, 5) is 23.3. The summed E-state index contributed by atoms with van der Waals surface area (Å²) in [5, 5.41) is 14.4. The van der Waals surface area contributed by atoms with E-state index in [1.165, 1.54) is 12.4 Å². The van der Waals surface area contributed by atoms with E-state index in [2.05, 4.69) is 5.32 Å². The summed E-state index contributed by atoms with van der Waals surface area (Å²) in [5.74, 6) is -0.635. The number of aromatic hydroxyl groups is 1. The third-order valence-corrected chi connectivity index (χ3v) is 7.33. The highest BCUT2D eigenvalue weighted by molar-refractivity contribution is 7.91. The summed E-state index contributed by atoms with van der Waals surface area (Å²) in [6, 6.07) is 9.04. The van der Waals surface area contributed by atoms with Crippen molar-refractivity contribution in [1.82, 2.24) is 4.31 Å². The fourth-order valence-corrected chi connectivity index (χ4v) is 5.16. The number of nitrogens with zero attached hydrogens (tertiary/aromatic N) is 1. The minimum Gasteiger partial charge on any atom is -0.504 e. The van der Waals surface area contributed by atoms with Crippen molar-refractivity contribution in [3.63, 3.8) is 0 Å². The van der Waals surface area contributed by atoms with Gasteiger partial charge in [0.2, 0.25) is 0 Å². The molecule has 2 N–H and O–H groups in total. The summed E-state index contributed by atoms with van der Waals surface area (Å²) in [7, 11) is -2.54. The molecule has 0 fully saturated rings. The van der Waals surface area contributed by atoms with E-state index in [9.17, 15) is 23.1 Å². The second-order valence-electron chi connectivity index (χ2n) is 5.95.